The van der Waals surface area contributed by atoms with E-state index in [4.69, 9.17) is 0 Å². The first-order valence-corrected chi connectivity index (χ1v) is 9.51. The summed E-state index contributed by atoms with van der Waals surface area (Å²) in [4.78, 5) is 32.2. The van der Waals surface area contributed by atoms with Gasteiger partial charge in [-0.05, 0) is 31.9 Å². The fourth-order valence-corrected chi connectivity index (χ4v) is 4.34. The van der Waals surface area contributed by atoms with Crippen LogP contribution in [0.3, 0.4) is 0 Å². The van der Waals surface area contributed by atoms with Crippen LogP contribution in [0.4, 0.5) is 5.82 Å². The summed E-state index contributed by atoms with van der Waals surface area (Å²) in [6, 6.07) is 6.76. The van der Waals surface area contributed by atoms with Crippen LogP contribution in [0, 0.1) is 6.92 Å². The molecule has 8 heteroatoms. The molecule has 0 saturated carbocycles. The maximum Gasteiger partial charge on any atom is 0.337 e. The number of aryl methyl sites for hydroxylation is 1. The molecule has 0 amide bonds. The number of nitrogens with zero attached hydrogens (tertiary/aromatic N) is 3. The van der Waals surface area contributed by atoms with Crippen LogP contribution in [0.15, 0.2) is 47.9 Å². The first-order chi connectivity index (χ1) is 14.1. The molecule has 2 aromatic heterocycles. The number of ketones is 1. The van der Waals surface area contributed by atoms with Gasteiger partial charge in [-0.2, -0.15) is 5.10 Å². The number of H-pyrrole nitrogens is 1. The smallest absolute Gasteiger partial charge is 0.337 e. The second-order valence-corrected chi connectivity index (χ2v) is 7.28. The Morgan fingerprint density at radius 1 is 1.28 bits per heavy atom. The lowest BCUT2D eigenvalue weighted by atomic mass is 9.79. The molecule has 3 N–H and O–H groups in total. The zero-order valence-corrected chi connectivity index (χ0v) is 15.8. The molecule has 8 nitrogen and oxygen atoms in total. The van der Waals surface area contributed by atoms with Gasteiger partial charge in [0.05, 0.1) is 22.9 Å². The van der Waals surface area contributed by atoms with E-state index in [0.717, 1.165) is 35.4 Å². The van der Waals surface area contributed by atoms with Crippen LogP contribution in [-0.4, -0.2) is 36.6 Å². The normalized spacial score (nSPS) is 18.2. The van der Waals surface area contributed by atoms with Gasteiger partial charge in [-0.25, -0.2) is 14.5 Å². The number of hydrogen-bond donors (Lipinski definition) is 3. The van der Waals surface area contributed by atoms with Crippen LogP contribution in [-0.2, 0) is 4.79 Å². The number of nitrogens with one attached hydrogen (secondary N) is 2. The second kappa shape index (κ2) is 6.44. The summed E-state index contributed by atoms with van der Waals surface area (Å²) in [6.07, 6.45) is 5.46. The van der Waals surface area contributed by atoms with Crippen LogP contribution in [0.25, 0.3) is 5.69 Å². The van der Waals surface area contributed by atoms with Crippen molar-refractivity contribution in [2.75, 3.05) is 5.32 Å². The van der Waals surface area contributed by atoms with Crippen molar-refractivity contribution in [1.29, 1.82) is 0 Å². The zero-order chi connectivity index (χ0) is 20.1. The first kappa shape index (κ1) is 17.4. The monoisotopic (exact) mass is 389 g/mol. The highest BCUT2D eigenvalue weighted by Crippen LogP contribution is 2.46. The van der Waals surface area contributed by atoms with E-state index in [0.29, 0.717) is 23.8 Å². The molecule has 1 atom stereocenters. The molecule has 146 valence electrons. The number of aromatic nitrogens is 4. The number of anilines is 1. The van der Waals surface area contributed by atoms with Crippen molar-refractivity contribution in [3.63, 3.8) is 0 Å². The molecule has 0 unspecified atom stereocenters. The predicted octanol–water partition coefficient (Wildman–Crippen LogP) is 3.17. The average Bonchev–Trinajstić information content (AvgIpc) is 3.35. The molecule has 3 aromatic rings. The van der Waals surface area contributed by atoms with Crippen molar-refractivity contribution in [3.8, 4) is 5.69 Å². The Bertz CT molecular complexity index is 1170. The first-order valence-electron chi connectivity index (χ1n) is 9.51. The highest BCUT2D eigenvalue weighted by atomic mass is 16.4. The van der Waals surface area contributed by atoms with Crippen LogP contribution >= 0.6 is 0 Å². The van der Waals surface area contributed by atoms with E-state index in [1.54, 1.807) is 41.3 Å². The average molecular weight is 389 g/mol. The Balaban J connectivity index is 1.77. The number of carbonyl (C=O) groups excluding carboxylic acids is 1. The maximum absolute atomic E-state index is 12.8. The Labute approximate surface area is 166 Å². The lowest BCUT2D eigenvalue weighted by Gasteiger charge is -2.31. The van der Waals surface area contributed by atoms with Gasteiger partial charge in [0.2, 0.25) is 0 Å². The van der Waals surface area contributed by atoms with E-state index in [9.17, 15) is 14.7 Å². The molecule has 0 fully saturated rings. The molecule has 5 rings (SSSR count). The minimum Gasteiger partial charge on any atom is -0.478 e. The number of carbonyl (C=O) groups is 2. The van der Waals surface area contributed by atoms with E-state index >= 15 is 0 Å². The molecular formula is C21H19N5O3. The number of fused-ring (bicyclic) bond motifs is 1. The van der Waals surface area contributed by atoms with Gasteiger partial charge in [0.25, 0.3) is 0 Å². The molecule has 1 aliphatic heterocycles. The summed E-state index contributed by atoms with van der Waals surface area (Å²) in [7, 11) is 0. The van der Waals surface area contributed by atoms with E-state index in [2.05, 4.69) is 20.4 Å². The number of aromatic carboxylic acids is 1. The third-order valence-electron chi connectivity index (χ3n) is 5.56. The Hall–Kier alpha value is -3.68. The van der Waals surface area contributed by atoms with Crippen LogP contribution < -0.4 is 5.32 Å². The number of para-hydroxylation sites is 1. The molecule has 29 heavy (non-hydrogen) atoms. The summed E-state index contributed by atoms with van der Waals surface area (Å²) < 4.78 is 1.63. The molecule has 0 saturated heterocycles. The molecular weight excluding hydrogens is 370 g/mol. The number of imidazole rings is 1. The predicted molar refractivity (Wildman–Crippen MR) is 105 cm³/mol. The number of carboxylic acid groups (broad SMARTS) is 1. The van der Waals surface area contributed by atoms with E-state index in [1.165, 1.54) is 0 Å². The van der Waals surface area contributed by atoms with Gasteiger partial charge in [-0.1, -0.05) is 12.1 Å². The summed E-state index contributed by atoms with van der Waals surface area (Å²) in [5.41, 5.74) is 3.79. The summed E-state index contributed by atoms with van der Waals surface area (Å²) in [5, 5.41) is 17.7. The van der Waals surface area contributed by atoms with Gasteiger partial charge in [-0.3, -0.25) is 4.79 Å². The second-order valence-electron chi connectivity index (χ2n) is 7.28. The summed E-state index contributed by atoms with van der Waals surface area (Å²) >= 11 is 0. The topological polar surface area (TPSA) is 113 Å². The molecule has 3 heterocycles. The lowest BCUT2D eigenvalue weighted by Crippen LogP contribution is -2.28. The minimum atomic E-state index is -1.02. The van der Waals surface area contributed by atoms with Gasteiger partial charge < -0.3 is 15.4 Å². The summed E-state index contributed by atoms with van der Waals surface area (Å²) in [5.74, 6) is 0.114. The molecule has 0 radical (unpaired) electrons. The Morgan fingerprint density at radius 2 is 2.10 bits per heavy atom. The van der Waals surface area contributed by atoms with Gasteiger partial charge in [0, 0.05) is 35.6 Å². The fraction of sp³-hybridized carbons (Fsp3) is 0.238. The standard InChI is InChI=1S/C21H19N5O3/c1-11-16-18(19-22-9-10-23-19)17-13(6-4-8-15(17)27)24-20(16)26(25-11)14-7-3-2-5-12(14)21(28)29/h2-3,5,7,9-10,18,24H,4,6,8H2,1H3,(H,22,23)(H,28,29)/t18-/m0/s1. The number of rotatable bonds is 3. The highest BCUT2D eigenvalue weighted by Gasteiger charge is 2.40. The van der Waals surface area contributed by atoms with Crippen molar-refractivity contribution >= 4 is 17.6 Å². The Kier molecular flexibility index (Phi) is 3.87. The molecule has 2 aliphatic rings. The largest absolute Gasteiger partial charge is 0.478 e. The van der Waals surface area contributed by atoms with Gasteiger partial charge in [0.15, 0.2) is 5.78 Å². The van der Waals surface area contributed by atoms with E-state index in [1.807, 2.05) is 6.92 Å². The SMILES string of the molecule is Cc1nn(-c2ccccc2C(=O)O)c2c1[C@H](c1ncc[nH]1)C1=C(CCCC1=O)N2. The van der Waals surface area contributed by atoms with E-state index < -0.39 is 5.97 Å². The highest BCUT2D eigenvalue weighted by molar-refractivity contribution is 6.01. The quantitative estimate of drug-likeness (QED) is 0.634. The van der Waals surface area contributed by atoms with Crippen molar-refractivity contribution in [2.24, 2.45) is 0 Å². The molecule has 1 aliphatic carbocycles. The number of benzene rings is 1. The number of Topliss-reactive ketones (excluding diaryl/α,β-unsaturated/α-hetero) is 1. The van der Waals surface area contributed by atoms with Crippen LogP contribution in [0.1, 0.15) is 52.6 Å². The van der Waals surface area contributed by atoms with Crippen molar-refractivity contribution in [2.45, 2.75) is 32.1 Å². The third-order valence-corrected chi connectivity index (χ3v) is 5.56. The van der Waals surface area contributed by atoms with Crippen LogP contribution in [0.2, 0.25) is 0 Å². The number of carboxylic acids is 1. The molecule has 0 spiro atoms. The number of aromatic amines is 1. The third kappa shape index (κ3) is 2.60. The van der Waals surface area contributed by atoms with Crippen molar-refractivity contribution in [1.82, 2.24) is 19.7 Å². The minimum absolute atomic E-state index is 0.115. The summed E-state index contributed by atoms with van der Waals surface area (Å²) in [6.45, 7) is 1.87. The van der Waals surface area contributed by atoms with Crippen LogP contribution in [0.5, 0.6) is 0 Å². The van der Waals surface area contributed by atoms with Crippen molar-refractivity contribution in [3.05, 3.63) is 70.6 Å². The fourth-order valence-electron chi connectivity index (χ4n) is 4.34. The molecule has 0 bridgehead atoms. The lowest BCUT2D eigenvalue weighted by molar-refractivity contribution is -0.116. The van der Waals surface area contributed by atoms with Gasteiger partial charge in [-0.15, -0.1) is 0 Å². The number of hydrogen-bond acceptors (Lipinski definition) is 5. The van der Waals surface area contributed by atoms with Gasteiger partial charge in [0.1, 0.15) is 11.6 Å². The van der Waals surface area contributed by atoms with Crippen molar-refractivity contribution < 1.29 is 14.7 Å². The molecule has 1 aromatic carbocycles. The number of allylic oxidation sites excluding steroid dienone is 2. The van der Waals surface area contributed by atoms with E-state index in [-0.39, 0.29) is 17.3 Å². The maximum atomic E-state index is 12.8. The van der Waals surface area contributed by atoms with Gasteiger partial charge >= 0.3 is 5.97 Å². The Morgan fingerprint density at radius 3 is 2.86 bits per heavy atom. The zero-order valence-electron chi connectivity index (χ0n) is 15.8.